The molecule has 0 saturated heterocycles. The first-order valence-corrected chi connectivity index (χ1v) is 9.31. The van der Waals surface area contributed by atoms with Crippen molar-refractivity contribution in [3.63, 3.8) is 0 Å². The summed E-state index contributed by atoms with van der Waals surface area (Å²) in [5, 5.41) is 15.2. The van der Waals surface area contributed by atoms with Gasteiger partial charge in [-0.2, -0.15) is 5.10 Å². The first-order valence-electron chi connectivity index (χ1n) is 9.31. The van der Waals surface area contributed by atoms with Gasteiger partial charge in [0.2, 0.25) is 0 Å². The van der Waals surface area contributed by atoms with Crippen molar-refractivity contribution < 1.29 is 39.0 Å². The fraction of sp³-hybridized carbons (Fsp3) is 0.286. The molecule has 1 aliphatic carbocycles. The number of rotatable bonds is 5. The number of pyridine rings is 2. The van der Waals surface area contributed by atoms with Gasteiger partial charge in [-0.3, -0.25) is 0 Å². The summed E-state index contributed by atoms with van der Waals surface area (Å²) in [5.41, 5.74) is 4.64. The predicted octanol–water partition coefficient (Wildman–Crippen LogP) is 0.603. The molecule has 150 valence electrons. The Labute approximate surface area is 185 Å². The van der Waals surface area contributed by atoms with Gasteiger partial charge in [0.15, 0.2) is 0 Å². The summed E-state index contributed by atoms with van der Waals surface area (Å²) in [6.45, 7) is 2.91. The van der Waals surface area contributed by atoms with Crippen LogP contribution in [0.1, 0.15) is 28.8 Å². The molecule has 1 fully saturated rings. The van der Waals surface area contributed by atoms with E-state index in [1.807, 2.05) is 19.2 Å². The van der Waals surface area contributed by atoms with E-state index >= 15 is 0 Å². The van der Waals surface area contributed by atoms with E-state index in [2.05, 4.69) is 21.7 Å². The molecule has 4 aromatic rings. The number of aromatic carboxylic acids is 1. The van der Waals surface area contributed by atoms with Crippen LogP contribution in [0.4, 0.5) is 0 Å². The first-order chi connectivity index (χ1) is 13.6. The van der Waals surface area contributed by atoms with Gasteiger partial charge in [0.25, 0.3) is 0 Å². The van der Waals surface area contributed by atoms with Crippen LogP contribution in [0.5, 0.6) is 5.75 Å². The molecule has 0 aromatic carbocycles. The van der Waals surface area contributed by atoms with Crippen LogP contribution in [0.3, 0.4) is 0 Å². The number of hydrogen-bond donors (Lipinski definition) is 1. The summed E-state index contributed by atoms with van der Waals surface area (Å²) < 4.78 is 9.32. The molecule has 0 radical (unpaired) electrons. The summed E-state index contributed by atoms with van der Waals surface area (Å²) in [7, 11) is 1.54. The first kappa shape index (κ1) is 21.9. The second-order valence-electron chi connectivity index (χ2n) is 7.37. The number of hydrogen-bond acceptors (Lipinski definition) is 5. The van der Waals surface area contributed by atoms with E-state index in [-0.39, 0.29) is 29.9 Å². The van der Waals surface area contributed by atoms with Gasteiger partial charge >= 0.3 is 24.8 Å². The SMILES string of the molecule is COc1cc(C(=O)O)cn2nc(-c3cc4cccnc4n3CC3CC3)c(C)c12.[Li+].[OH-]. The third-order valence-corrected chi connectivity index (χ3v) is 5.43. The summed E-state index contributed by atoms with van der Waals surface area (Å²) in [6.07, 6.45) is 5.83. The number of fused-ring (bicyclic) bond motifs is 2. The van der Waals surface area contributed by atoms with Crippen molar-refractivity contribution in [2.24, 2.45) is 5.92 Å². The minimum atomic E-state index is -1.01. The molecule has 1 aliphatic rings. The van der Waals surface area contributed by atoms with Crippen molar-refractivity contribution in [3.8, 4) is 17.1 Å². The number of nitrogens with zero attached hydrogens (tertiary/aromatic N) is 4. The van der Waals surface area contributed by atoms with Crippen molar-refractivity contribution in [1.29, 1.82) is 0 Å². The van der Waals surface area contributed by atoms with Gasteiger partial charge in [0.05, 0.1) is 18.4 Å². The van der Waals surface area contributed by atoms with Gasteiger partial charge in [-0.1, -0.05) is 0 Å². The molecule has 0 unspecified atom stereocenters. The topological polar surface area (TPSA) is 112 Å². The summed E-state index contributed by atoms with van der Waals surface area (Å²) >= 11 is 0. The average Bonchev–Trinajstić information content (AvgIpc) is 3.36. The second-order valence-corrected chi connectivity index (χ2v) is 7.37. The van der Waals surface area contributed by atoms with Crippen LogP contribution in [0, 0.1) is 12.8 Å². The average molecular weight is 400 g/mol. The van der Waals surface area contributed by atoms with Gasteiger partial charge < -0.3 is 19.9 Å². The fourth-order valence-corrected chi connectivity index (χ4v) is 3.83. The third-order valence-electron chi connectivity index (χ3n) is 5.43. The molecule has 0 amide bonds. The Kier molecular flexibility index (Phi) is 5.95. The Morgan fingerprint density at radius 3 is 2.77 bits per heavy atom. The van der Waals surface area contributed by atoms with Crippen LogP contribution in [-0.4, -0.2) is 42.8 Å². The van der Waals surface area contributed by atoms with Gasteiger partial charge in [-0.05, 0) is 49.9 Å². The Bertz CT molecular complexity index is 1240. The standard InChI is InChI=1S/C21H20N4O3.Li.H2O/c1-12-18(23-25-11-15(21(26)27)9-17(28-2)19(12)25)16-8-14-4-3-7-22-20(14)24(16)10-13-5-6-13;;/h3-4,7-9,11,13H,5-6,10H2,1-2H3,(H,26,27);;1H2/q;+1;/p-1. The summed E-state index contributed by atoms with van der Waals surface area (Å²) in [6, 6.07) is 7.65. The van der Waals surface area contributed by atoms with Crippen LogP contribution in [-0.2, 0) is 6.54 Å². The quantitative estimate of drug-likeness (QED) is 0.491. The fourth-order valence-electron chi connectivity index (χ4n) is 3.83. The van der Waals surface area contributed by atoms with E-state index in [4.69, 9.17) is 9.84 Å². The molecular weight excluding hydrogens is 379 g/mol. The summed E-state index contributed by atoms with van der Waals surface area (Å²) in [5.74, 6) is 0.169. The van der Waals surface area contributed by atoms with Crippen LogP contribution in [0.15, 0.2) is 36.7 Å². The molecule has 2 N–H and O–H groups in total. The Morgan fingerprint density at radius 1 is 1.33 bits per heavy atom. The molecule has 4 heterocycles. The number of carboxylic acids is 1. The van der Waals surface area contributed by atoms with E-state index in [0.717, 1.165) is 40.0 Å². The van der Waals surface area contributed by atoms with Crippen LogP contribution >= 0.6 is 0 Å². The van der Waals surface area contributed by atoms with Crippen LogP contribution < -0.4 is 23.6 Å². The predicted molar refractivity (Wildman–Crippen MR) is 107 cm³/mol. The minimum Gasteiger partial charge on any atom is -0.870 e. The molecule has 5 rings (SSSR count). The normalized spacial score (nSPS) is 13.1. The van der Waals surface area contributed by atoms with E-state index < -0.39 is 5.97 Å². The molecule has 0 atom stereocenters. The maximum absolute atomic E-state index is 11.5. The Morgan fingerprint density at radius 2 is 2.10 bits per heavy atom. The summed E-state index contributed by atoms with van der Waals surface area (Å²) in [4.78, 5) is 16.1. The number of aromatic nitrogens is 4. The van der Waals surface area contributed by atoms with Gasteiger partial charge in [-0.15, -0.1) is 0 Å². The largest absolute Gasteiger partial charge is 1.00 e. The number of methoxy groups -OCH3 is 1. The second kappa shape index (κ2) is 8.15. The van der Waals surface area contributed by atoms with E-state index in [0.29, 0.717) is 11.7 Å². The maximum atomic E-state index is 11.5. The van der Waals surface area contributed by atoms with Gasteiger partial charge in [0.1, 0.15) is 22.6 Å². The van der Waals surface area contributed by atoms with Crippen molar-refractivity contribution in [1.82, 2.24) is 19.2 Å². The molecule has 9 heteroatoms. The molecule has 4 aromatic heterocycles. The Balaban J connectivity index is 0.00000128. The zero-order valence-electron chi connectivity index (χ0n) is 17.2. The van der Waals surface area contributed by atoms with E-state index in [1.54, 1.807) is 11.6 Å². The van der Waals surface area contributed by atoms with Crippen LogP contribution in [0.2, 0.25) is 0 Å². The van der Waals surface area contributed by atoms with E-state index in [1.165, 1.54) is 25.1 Å². The molecule has 0 bridgehead atoms. The Hall–Kier alpha value is -2.79. The van der Waals surface area contributed by atoms with Crippen molar-refractivity contribution in [2.45, 2.75) is 26.3 Å². The molecule has 0 spiro atoms. The van der Waals surface area contributed by atoms with Crippen molar-refractivity contribution >= 4 is 22.5 Å². The molecule has 0 aliphatic heterocycles. The molecule has 1 saturated carbocycles. The monoisotopic (exact) mass is 400 g/mol. The molecule has 8 nitrogen and oxygen atoms in total. The van der Waals surface area contributed by atoms with Crippen molar-refractivity contribution in [3.05, 3.63) is 47.8 Å². The smallest absolute Gasteiger partial charge is 0.870 e. The van der Waals surface area contributed by atoms with E-state index in [9.17, 15) is 9.90 Å². The minimum absolute atomic E-state index is 0. The third kappa shape index (κ3) is 3.47. The zero-order valence-corrected chi connectivity index (χ0v) is 17.2. The van der Waals surface area contributed by atoms with Crippen LogP contribution in [0.25, 0.3) is 27.9 Å². The van der Waals surface area contributed by atoms with Crippen molar-refractivity contribution in [2.75, 3.05) is 7.11 Å². The van der Waals surface area contributed by atoms with Gasteiger partial charge in [-0.25, -0.2) is 14.3 Å². The van der Waals surface area contributed by atoms with Gasteiger partial charge in [0, 0.05) is 29.9 Å². The number of carboxylic acid groups (broad SMARTS) is 1. The number of carbonyl (C=O) groups is 1. The number of aryl methyl sites for hydroxylation is 1. The maximum Gasteiger partial charge on any atom is 1.00 e. The molecular formula is C21H21LiN4O4. The molecule has 30 heavy (non-hydrogen) atoms. The number of ether oxygens (including phenoxy) is 1. The zero-order chi connectivity index (χ0) is 19.4.